The molecule has 1 atom stereocenters. The van der Waals surface area contributed by atoms with Crippen LogP contribution in [0.2, 0.25) is 0 Å². The van der Waals surface area contributed by atoms with Crippen molar-refractivity contribution < 1.29 is 9.47 Å². The van der Waals surface area contributed by atoms with Crippen molar-refractivity contribution >= 4 is 11.8 Å². The second-order valence-electron chi connectivity index (χ2n) is 5.18. The zero-order valence-corrected chi connectivity index (χ0v) is 11.5. The zero-order chi connectivity index (χ0) is 13.1. The number of amidine groups is 1. The van der Waals surface area contributed by atoms with Crippen LogP contribution in [0.3, 0.4) is 0 Å². The quantitative estimate of drug-likeness (QED) is 0.628. The van der Waals surface area contributed by atoms with Crippen molar-refractivity contribution in [3.8, 4) is 0 Å². The average molecular weight is 266 g/mol. The van der Waals surface area contributed by atoms with E-state index in [9.17, 15) is 0 Å². The lowest BCUT2D eigenvalue weighted by molar-refractivity contribution is 0.0321. The van der Waals surface area contributed by atoms with E-state index in [1.54, 1.807) is 0 Å². The van der Waals surface area contributed by atoms with Gasteiger partial charge in [-0.25, -0.2) is 4.99 Å². The van der Waals surface area contributed by atoms with Gasteiger partial charge in [0.1, 0.15) is 5.84 Å². The SMILES string of the molecule is C[C@H]1COCCN1C1=NC(N2CCOCC2)=NCC1. The topological polar surface area (TPSA) is 49.7 Å². The predicted molar refractivity (Wildman–Crippen MR) is 73.7 cm³/mol. The van der Waals surface area contributed by atoms with E-state index in [2.05, 4.69) is 21.7 Å². The molecule has 6 heteroatoms. The summed E-state index contributed by atoms with van der Waals surface area (Å²) in [5.74, 6) is 2.07. The van der Waals surface area contributed by atoms with Crippen molar-refractivity contribution in [2.45, 2.75) is 19.4 Å². The number of nitrogens with zero attached hydrogens (tertiary/aromatic N) is 4. The lowest BCUT2D eigenvalue weighted by atomic mass is 10.2. The molecule has 6 nitrogen and oxygen atoms in total. The number of aliphatic imine (C=N–C) groups is 2. The van der Waals surface area contributed by atoms with Crippen molar-refractivity contribution in [1.29, 1.82) is 0 Å². The van der Waals surface area contributed by atoms with Crippen LogP contribution in [-0.4, -0.2) is 80.2 Å². The molecule has 0 unspecified atom stereocenters. The third-order valence-corrected chi connectivity index (χ3v) is 3.81. The van der Waals surface area contributed by atoms with Gasteiger partial charge in [-0.2, -0.15) is 0 Å². The summed E-state index contributed by atoms with van der Waals surface area (Å²) in [6.07, 6.45) is 0.943. The molecule has 0 aromatic heterocycles. The number of hydrogen-bond acceptors (Lipinski definition) is 6. The summed E-state index contributed by atoms with van der Waals surface area (Å²) in [6.45, 7) is 8.92. The Bertz CT molecular complexity index is 377. The molecule has 3 aliphatic rings. The van der Waals surface area contributed by atoms with Gasteiger partial charge in [-0.15, -0.1) is 0 Å². The van der Waals surface area contributed by atoms with Gasteiger partial charge in [0.2, 0.25) is 5.96 Å². The van der Waals surface area contributed by atoms with Crippen LogP contribution in [0.25, 0.3) is 0 Å². The van der Waals surface area contributed by atoms with E-state index in [0.717, 1.165) is 65.0 Å². The Morgan fingerprint density at radius 2 is 1.89 bits per heavy atom. The molecule has 2 saturated heterocycles. The predicted octanol–water partition coefficient (Wildman–Crippen LogP) is 0.198. The van der Waals surface area contributed by atoms with Gasteiger partial charge in [0.25, 0.3) is 0 Å². The molecule has 0 aliphatic carbocycles. The molecule has 19 heavy (non-hydrogen) atoms. The monoisotopic (exact) mass is 266 g/mol. The van der Waals surface area contributed by atoms with Gasteiger partial charge < -0.3 is 19.3 Å². The summed E-state index contributed by atoms with van der Waals surface area (Å²) < 4.78 is 10.9. The van der Waals surface area contributed by atoms with E-state index < -0.39 is 0 Å². The second kappa shape index (κ2) is 5.88. The smallest absolute Gasteiger partial charge is 0.222 e. The van der Waals surface area contributed by atoms with E-state index >= 15 is 0 Å². The lowest BCUT2D eigenvalue weighted by Crippen LogP contribution is -2.49. The first-order valence-electron chi connectivity index (χ1n) is 7.13. The van der Waals surface area contributed by atoms with Gasteiger partial charge in [-0.1, -0.05) is 0 Å². The Labute approximate surface area is 114 Å². The van der Waals surface area contributed by atoms with Gasteiger partial charge in [0.05, 0.1) is 32.5 Å². The zero-order valence-electron chi connectivity index (χ0n) is 11.5. The van der Waals surface area contributed by atoms with Crippen LogP contribution < -0.4 is 0 Å². The number of hydrogen-bond donors (Lipinski definition) is 0. The van der Waals surface area contributed by atoms with Gasteiger partial charge in [0, 0.05) is 32.6 Å². The fourth-order valence-corrected chi connectivity index (χ4v) is 2.72. The van der Waals surface area contributed by atoms with Crippen LogP contribution in [-0.2, 0) is 9.47 Å². The van der Waals surface area contributed by atoms with E-state index in [-0.39, 0.29) is 0 Å². The molecule has 0 amide bonds. The Kier molecular flexibility index (Phi) is 3.98. The van der Waals surface area contributed by atoms with E-state index in [1.807, 2.05) is 0 Å². The molecule has 0 aromatic rings. The second-order valence-corrected chi connectivity index (χ2v) is 5.18. The lowest BCUT2D eigenvalue weighted by Gasteiger charge is -2.37. The molecule has 3 heterocycles. The highest BCUT2D eigenvalue weighted by Gasteiger charge is 2.25. The van der Waals surface area contributed by atoms with Crippen molar-refractivity contribution in [2.75, 3.05) is 52.6 Å². The molecule has 0 radical (unpaired) electrons. The highest BCUT2D eigenvalue weighted by atomic mass is 16.5. The van der Waals surface area contributed by atoms with Gasteiger partial charge in [-0.05, 0) is 6.92 Å². The van der Waals surface area contributed by atoms with Crippen molar-refractivity contribution in [3.05, 3.63) is 0 Å². The molecule has 2 fully saturated rings. The third-order valence-electron chi connectivity index (χ3n) is 3.81. The Morgan fingerprint density at radius 3 is 2.68 bits per heavy atom. The van der Waals surface area contributed by atoms with E-state index in [1.165, 1.54) is 5.84 Å². The summed E-state index contributed by atoms with van der Waals surface area (Å²) >= 11 is 0. The molecule has 3 rings (SSSR count). The molecule has 0 N–H and O–H groups in total. The first kappa shape index (κ1) is 12.9. The molecule has 0 bridgehead atoms. The first-order valence-corrected chi connectivity index (χ1v) is 7.13. The van der Waals surface area contributed by atoms with Gasteiger partial charge in [-0.3, -0.25) is 4.99 Å². The van der Waals surface area contributed by atoms with Crippen LogP contribution in [0.5, 0.6) is 0 Å². The maximum absolute atomic E-state index is 5.49. The maximum atomic E-state index is 5.49. The van der Waals surface area contributed by atoms with Crippen molar-refractivity contribution in [2.24, 2.45) is 9.98 Å². The summed E-state index contributed by atoms with van der Waals surface area (Å²) in [6, 6.07) is 0.413. The average Bonchev–Trinajstić information content (AvgIpc) is 2.49. The largest absolute Gasteiger partial charge is 0.378 e. The maximum Gasteiger partial charge on any atom is 0.222 e. The van der Waals surface area contributed by atoms with Crippen LogP contribution >= 0.6 is 0 Å². The number of rotatable bonds is 0. The summed E-state index contributed by atoms with van der Waals surface area (Å²) in [4.78, 5) is 14.0. The Morgan fingerprint density at radius 1 is 1.11 bits per heavy atom. The van der Waals surface area contributed by atoms with Gasteiger partial charge in [0.15, 0.2) is 0 Å². The fraction of sp³-hybridized carbons (Fsp3) is 0.846. The summed E-state index contributed by atoms with van der Waals surface area (Å²) in [5, 5.41) is 0. The van der Waals surface area contributed by atoms with Crippen LogP contribution in [0, 0.1) is 0 Å². The van der Waals surface area contributed by atoms with Gasteiger partial charge >= 0.3 is 0 Å². The third kappa shape index (κ3) is 2.90. The Hall–Kier alpha value is -1.14. The van der Waals surface area contributed by atoms with Crippen molar-refractivity contribution in [3.63, 3.8) is 0 Å². The molecule has 0 aromatic carbocycles. The Balaban J connectivity index is 1.71. The summed E-state index contributed by atoms with van der Waals surface area (Å²) in [7, 11) is 0. The minimum Gasteiger partial charge on any atom is -0.378 e. The molecule has 3 aliphatic heterocycles. The minimum atomic E-state index is 0.413. The van der Waals surface area contributed by atoms with Crippen LogP contribution in [0.4, 0.5) is 0 Å². The normalized spacial score (nSPS) is 29.0. The highest BCUT2D eigenvalue weighted by Crippen LogP contribution is 2.14. The number of morpholine rings is 2. The molecule has 106 valence electrons. The van der Waals surface area contributed by atoms with E-state index in [4.69, 9.17) is 14.5 Å². The molecule has 0 saturated carbocycles. The molecule has 0 spiro atoms. The standard InChI is InChI=1S/C13H22N4O2/c1-11-10-19-9-6-17(11)12-2-3-14-13(15-12)16-4-7-18-8-5-16/h11H,2-10H2,1H3/t11-/m0/s1. The first-order chi connectivity index (χ1) is 9.34. The van der Waals surface area contributed by atoms with E-state index in [0.29, 0.717) is 6.04 Å². The number of ether oxygens (including phenoxy) is 2. The fourth-order valence-electron chi connectivity index (χ4n) is 2.72. The number of guanidine groups is 1. The summed E-state index contributed by atoms with van der Waals surface area (Å²) in [5.41, 5.74) is 0. The molecular weight excluding hydrogens is 244 g/mol. The minimum absolute atomic E-state index is 0.413. The molecular formula is C13H22N4O2. The highest BCUT2D eigenvalue weighted by molar-refractivity contribution is 5.98. The van der Waals surface area contributed by atoms with Crippen LogP contribution in [0.15, 0.2) is 9.98 Å². The van der Waals surface area contributed by atoms with Crippen molar-refractivity contribution in [1.82, 2.24) is 9.80 Å². The van der Waals surface area contributed by atoms with Crippen LogP contribution in [0.1, 0.15) is 13.3 Å².